The van der Waals surface area contributed by atoms with E-state index in [-0.39, 0.29) is 5.02 Å². The van der Waals surface area contributed by atoms with Crippen molar-refractivity contribution >= 4 is 27.5 Å². The number of rotatable bonds is 4. The number of hydrogen-bond donors (Lipinski definition) is 1. The molecule has 0 saturated heterocycles. The van der Waals surface area contributed by atoms with Gasteiger partial charge in [0.2, 0.25) is 0 Å². The average Bonchev–Trinajstić information content (AvgIpc) is 3.28. The first-order chi connectivity index (χ1) is 10.1. The molecule has 0 amide bonds. The summed E-state index contributed by atoms with van der Waals surface area (Å²) < 4.78 is 28.4. The Morgan fingerprint density at radius 3 is 2.62 bits per heavy atom. The van der Waals surface area contributed by atoms with Crippen LogP contribution >= 0.6 is 27.5 Å². The molecule has 0 aromatic heterocycles. The van der Waals surface area contributed by atoms with Gasteiger partial charge in [-0.3, -0.25) is 0 Å². The largest absolute Gasteiger partial charge is 0.310 e. The quantitative estimate of drug-likeness (QED) is 0.718. The second kappa shape index (κ2) is 6.03. The minimum Gasteiger partial charge on any atom is -0.310 e. The van der Waals surface area contributed by atoms with Gasteiger partial charge in [0.1, 0.15) is 5.82 Å². The third-order valence-corrected chi connectivity index (χ3v) is 4.81. The molecule has 21 heavy (non-hydrogen) atoms. The molecule has 1 nitrogen and oxygen atoms in total. The molecule has 1 saturated carbocycles. The predicted octanol–water partition coefficient (Wildman–Crippen LogP) is 5.30. The van der Waals surface area contributed by atoms with E-state index in [0.29, 0.717) is 28.2 Å². The molecule has 110 valence electrons. The Morgan fingerprint density at radius 1 is 1.14 bits per heavy atom. The molecule has 5 heteroatoms. The van der Waals surface area contributed by atoms with Crippen molar-refractivity contribution in [2.75, 3.05) is 0 Å². The number of halogens is 4. The van der Waals surface area contributed by atoms with Gasteiger partial charge in [0.25, 0.3) is 0 Å². The van der Waals surface area contributed by atoms with Crippen molar-refractivity contribution in [3.05, 3.63) is 57.0 Å². The maximum Gasteiger partial charge on any atom is 0.150 e. The summed E-state index contributed by atoms with van der Waals surface area (Å²) in [5.41, 5.74) is 1.71. The molecule has 0 heterocycles. The van der Waals surface area contributed by atoms with Crippen LogP contribution in [0.3, 0.4) is 0 Å². The van der Waals surface area contributed by atoms with Crippen LogP contribution in [0.1, 0.15) is 18.4 Å². The van der Waals surface area contributed by atoms with E-state index in [2.05, 4.69) is 21.2 Å². The Hall–Kier alpha value is -0.970. The number of nitrogens with one attached hydrogen (secondary N) is 1. The zero-order valence-corrected chi connectivity index (χ0v) is 13.4. The summed E-state index contributed by atoms with van der Waals surface area (Å²) in [5.74, 6) is -0.928. The van der Waals surface area contributed by atoms with Gasteiger partial charge in [-0.2, -0.15) is 0 Å². The van der Waals surface area contributed by atoms with E-state index in [1.54, 1.807) is 18.2 Å². The lowest BCUT2D eigenvalue weighted by atomic mass is 9.99. The molecule has 0 unspecified atom stereocenters. The third kappa shape index (κ3) is 3.28. The standard InChI is InChI=1S/C16H13BrClF2N/c17-14-6-5-12(16(20)15(14)18)13-7-10(19)2-1-9(13)8-21-11-3-4-11/h1-2,5-7,11,21H,3-4,8H2. The van der Waals surface area contributed by atoms with Crippen molar-refractivity contribution in [1.82, 2.24) is 5.32 Å². The second-order valence-electron chi connectivity index (χ2n) is 5.18. The number of hydrogen-bond acceptors (Lipinski definition) is 1. The predicted molar refractivity (Wildman–Crippen MR) is 84.4 cm³/mol. The van der Waals surface area contributed by atoms with E-state index in [0.717, 1.165) is 18.4 Å². The van der Waals surface area contributed by atoms with Crippen molar-refractivity contribution < 1.29 is 8.78 Å². The lowest BCUT2D eigenvalue weighted by Gasteiger charge is -2.13. The third-order valence-electron chi connectivity index (χ3n) is 3.56. The Bertz CT molecular complexity index is 686. The molecule has 2 aromatic rings. The van der Waals surface area contributed by atoms with Crippen molar-refractivity contribution in [1.29, 1.82) is 0 Å². The van der Waals surface area contributed by atoms with Crippen LogP contribution < -0.4 is 5.32 Å². The van der Waals surface area contributed by atoms with Crippen LogP contribution in [0.15, 0.2) is 34.8 Å². The maximum absolute atomic E-state index is 14.4. The van der Waals surface area contributed by atoms with Crippen molar-refractivity contribution in [3.8, 4) is 11.1 Å². The van der Waals surface area contributed by atoms with Crippen LogP contribution in [0.5, 0.6) is 0 Å². The monoisotopic (exact) mass is 371 g/mol. The van der Waals surface area contributed by atoms with Crippen molar-refractivity contribution in [3.63, 3.8) is 0 Å². The Labute approximate surface area is 135 Å². The van der Waals surface area contributed by atoms with Gasteiger partial charge in [-0.15, -0.1) is 0 Å². The van der Waals surface area contributed by atoms with Gasteiger partial charge in [0.05, 0.1) is 5.02 Å². The van der Waals surface area contributed by atoms with Crippen LogP contribution in [-0.2, 0) is 6.54 Å². The fourth-order valence-corrected chi connectivity index (χ4v) is 2.70. The van der Waals surface area contributed by atoms with Crippen LogP contribution in [0.2, 0.25) is 5.02 Å². The van der Waals surface area contributed by atoms with Crippen LogP contribution in [0.4, 0.5) is 8.78 Å². The van der Waals surface area contributed by atoms with Crippen LogP contribution in [0, 0.1) is 11.6 Å². The molecule has 1 N–H and O–H groups in total. The molecule has 1 fully saturated rings. The summed E-state index contributed by atoms with van der Waals surface area (Å²) in [5, 5.41) is 3.37. The molecule has 0 radical (unpaired) electrons. The summed E-state index contributed by atoms with van der Waals surface area (Å²) in [6.07, 6.45) is 2.32. The smallest absolute Gasteiger partial charge is 0.150 e. The van der Waals surface area contributed by atoms with E-state index < -0.39 is 11.6 Å². The topological polar surface area (TPSA) is 12.0 Å². The van der Waals surface area contributed by atoms with E-state index in [1.807, 2.05) is 0 Å². The lowest BCUT2D eigenvalue weighted by Crippen LogP contribution is -2.16. The van der Waals surface area contributed by atoms with Gasteiger partial charge in [-0.25, -0.2) is 8.78 Å². The maximum atomic E-state index is 14.4. The van der Waals surface area contributed by atoms with Gasteiger partial charge >= 0.3 is 0 Å². The van der Waals surface area contributed by atoms with Crippen LogP contribution in [0.25, 0.3) is 11.1 Å². The van der Waals surface area contributed by atoms with Crippen molar-refractivity contribution in [2.24, 2.45) is 0 Å². The minimum absolute atomic E-state index is 0.0119. The molecule has 0 atom stereocenters. The zero-order valence-electron chi connectivity index (χ0n) is 11.1. The van der Waals surface area contributed by atoms with Crippen molar-refractivity contribution in [2.45, 2.75) is 25.4 Å². The molecule has 1 aliphatic rings. The Balaban J connectivity index is 2.03. The van der Waals surface area contributed by atoms with Gasteiger partial charge in [-0.05, 0) is 58.1 Å². The summed E-state index contributed by atoms with van der Waals surface area (Å²) in [6.45, 7) is 0.591. The fraction of sp³-hybridized carbons (Fsp3) is 0.250. The van der Waals surface area contributed by atoms with Crippen LogP contribution in [-0.4, -0.2) is 6.04 Å². The van der Waals surface area contributed by atoms with Gasteiger partial charge in [0.15, 0.2) is 5.82 Å². The summed E-state index contributed by atoms with van der Waals surface area (Å²) in [4.78, 5) is 0. The van der Waals surface area contributed by atoms with E-state index in [4.69, 9.17) is 11.6 Å². The Kier molecular flexibility index (Phi) is 4.29. The molecule has 2 aromatic carbocycles. The zero-order chi connectivity index (χ0) is 15.0. The first kappa shape index (κ1) is 14.9. The molecule has 0 bridgehead atoms. The highest BCUT2D eigenvalue weighted by Crippen LogP contribution is 2.35. The summed E-state index contributed by atoms with van der Waals surface area (Å²) in [6, 6.07) is 8.25. The Morgan fingerprint density at radius 2 is 1.90 bits per heavy atom. The lowest BCUT2D eigenvalue weighted by molar-refractivity contribution is 0.621. The molecule has 1 aliphatic carbocycles. The fourth-order valence-electron chi connectivity index (χ4n) is 2.23. The molecule has 0 aliphatic heterocycles. The number of benzene rings is 2. The minimum atomic E-state index is -0.538. The normalized spacial score (nSPS) is 14.5. The van der Waals surface area contributed by atoms with E-state index in [1.165, 1.54) is 12.1 Å². The molecular weight excluding hydrogens is 360 g/mol. The van der Waals surface area contributed by atoms with Gasteiger partial charge in [-0.1, -0.05) is 23.7 Å². The molecule has 3 rings (SSSR count). The highest BCUT2D eigenvalue weighted by molar-refractivity contribution is 9.10. The highest BCUT2D eigenvalue weighted by atomic mass is 79.9. The first-order valence-corrected chi connectivity index (χ1v) is 7.89. The summed E-state index contributed by atoms with van der Waals surface area (Å²) >= 11 is 9.12. The highest BCUT2D eigenvalue weighted by Gasteiger charge is 2.21. The molecular formula is C16H13BrClF2N. The van der Waals surface area contributed by atoms with Gasteiger partial charge in [0, 0.05) is 22.6 Å². The summed E-state index contributed by atoms with van der Waals surface area (Å²) in [7, 11) is 0. The van der Waals surface area contributed by atoms with E-state index >= 15 is 0 Å². The molecule has 0 spiro atoms. The van der Waals surface area contributed by atoms with E-state index in [9.17, 15) is 8.78 Å². The average molecular weight is 373 g/mol. The second-order valence-corrected chi connectivity index (χ2v) is 6.41. The van der Waals surface area contributed by atoms with Gasteiger partial charge < -0.3 is 5.32 Å². The first-order valence-electron chi connectivity index (χ1n) is 6.72. The SMILES string of the molecule is Fc1ccc(CNC2CC2)c(-c2ccc(Br)c(Cl)c2F)c1.